The number of rotatable bonds is 2. The molecule has 8 nitrogen and oxygen atoms in total. The number of oxime groups is 1. The molecule has 84 valence electrons. The van der Waals surface area contributed by atoms with Crippen LogP contribution in [-0.4, -0.2) is 46.5 Å². The topological polar surface area (TPSA) is 123 Å². The molecule has 0 aliphatic carbocycles. The zero-order valence-electron chi connectivity index (χ0n) is 8.53. The molecule has 0 aromatic carbocycles. The first-order chi connectivity index (χ1) is 7.02. The molecule has 1 heterocycles. The van der Waals surface area contributed by atoms with Gasteiger partial charge >= 0.3 is 0 Å². The molecule has 1 aromatic heterocycles. The van der Waals surface area contributed by atoms with E-state index < -0.39 is 0 Å². The summed E-state index contributed by atoms with van der Waals surface area (Å²) in [5.74, 6) is 5.10. The van der Waals surface area contributed by atoms with E-state index in [1.54, 1.807) is 14.1 Å². The molecule has 0 spiro atoms. The Kier molecular flexibility index (Phi) is 5.67. The van der Waals surface area contributed by atoms with Crippen LogP contribution >= 0.6 is 0 Å². The largest absolute Gasteiger partial charge is 0.411 e. The van der Waals surface area contributed by atoms with Crippen LogP contribution < -0.4 is 11.6 Å². The number of carbonyl (C=O) groups excluding carboxylic acids is 1. The van der Waals surface area contributed by atoms with Gasteiger partial charge in [0.2, 0.25) is 6.41 Å². The van der Waals surface area contributed by atoms with E-state index in [0.717, 1.165) is 10.8 Å². The molecule has 0 radical (unpaired) electrons. The second kappa shape index (κ2) is 6.51. The van der Waals surface area contributed by atoms with Gasteiger partial charge in [-0.05, 0) is 0 Å². The molecule has 15 heavy (non-hydrogen) atoms. The number of hydrogen-bond acceptors (Lipinski definition) is 7. The van der Waals surface area contributed by atoms with Crippen molar-refractivity contribution in [2.24, 2.45) is 11.0 Å². The summed E-state index contributed by atoms with van der Waals surface area (Å²) in [6.45, 7) is 0. The summed E-state index contributed by atoms with van der Waals surface area (Å²) in [5.41, 5.74) is 5.63. The van der Waals surface area contributed by atoms with Gasteiger partial charge in [-0.1, -0.05) is 5.16 Å². The molecule has 1 rings (SSSR count). The third-order valence-electron chi connectivity index (χ3n) is 1.16. The van der Waals surface area contributed by atoms with Crippen molar-refractivity contribution in [1.82, 2.24) is 14.6 Å². The van der Waals surface area contributed by atoms with Crippen LogP contribution in [0.5, 0.6) is 0 Å². The van der Waals surface area contributed by atoms with Gasteiger partial charge in [0.15, 0.2) is 0 Å². The number of hydrogen-bond donors (Lipinski definition) is 3. The van der Waals surface area contributed by atoms with Crippen molar-refractivity contribution in [3.8, 4) is 0 Å². The Balaban J connectivity index is 0.000000423. The van der Waals surface area contributed by atoms with E-state index in [9.17, 15) is 4.79 Å². The first-order valence-electron chi connectivity index (χ1n) is 3.90. The van der Waals surface area contributed by atoms with Gasteiger partial charge in [0.1, 0.15) is 17.8 Å². The molecule has 0 unspecified atom stereocenters. The molecule has 0 aliphatic heterocycles. The molecule has 1 aromatic rings. The number of anilines is 1. The molecule has 0 atom stereocenters. The predicted octanol–water partition coefficient (Wildman–Crippen LogP) is -1.27. The Labute approximate surface area is 86.8 Å². The van der Waals surface area contributed by atoms with E-state index in [0.29, 0.717) is 6.41 Å². The maximum absolute atomic E-state index is 10.2. The maximum atomic E-state index is 10.2. The van der Waals surface area contributed by atoms with Crippen LogP contribution in [0.25, 0.3) is 0 Å². The molecule has 0 saturated carbocycles. The highest BCUT2D eigenvalue weighted by Gasteiger charge is 2.02. The molecule has 0 aliphatic rings. The second-order valence-corrected chi connectivity index (χ2v) is 2.74. The summed E-state index contributed by atoms with van der Waals surface area (Å²) in [6.07, 6.45) is 2.80. The lowest BCUT2D eigenvalue weighted by molar-refractivity contribution is 0.321. The number of nitrogen functional groups attached to an aromatic ring is 1. The van der Waals surface area contributed by atoms with Crippen molar-refractivity contribution in [2.75, 3.05) is 19.8 Å². The normalized spacial score (nSPS) is 10.1. The van der Waals surface area contributed by atoms with E-state index in [1.807, 2.05) is 0 Å². The number of nitrogens with two attached hydrogens (primary N) is 2. The third kappa shape index (κ3) is 4.74. The summed E-state index contributed by atoms with van der Waals surface area (Å²) in [5, 5.41) is 12.3. The number of carbonyl (C=O) groups is 1. The summed E-state index contributed by atoms with van der Waals surface area (Å²) >= 11 is 0. The maximum Gasteiger partial charge on any atom is 0.220 e. The van der Waals surface area contributed by atoms with Gasteiger partial charge in [-0.25, -0.2) is 4.98 Å². The molecule has 0 saturated heterocycles. The van der Waals surface area contributed by atoms with Crippen molar-refractivity contribution in [3.05, 3.63) is 12.0 Å². The minimum atomic E-state index is 0.151. The van der Waals surface area contributed by atoms with Gasteiger partial charge in [0, 0.05) is 14.1 Å². The molecule has 0 fully saturated rings. The van der Waals surface area contributed by atoms with E-state index in [-0.39, 0.29) is 11.5 Å². The van der Waals surface area contributed by atoms with Crippen molar-refractivity contribution >= 4 is 18.4 Å². The second-order valence-electron chi connectivity index (χ2n) is 2.74. The van der Waals surface area contributed by atoms with Crippen LogP contribution in [0.1, 0.15) is 5.69 Å². The highest BCUT2D eigenvalue weighted by atomic mass is 16.4. The zero-order valence-corrected chi connectivity index (χ0v) is 8.53. The minimum absolute atomic E-state index is 0.151. The number of imidazole rings is 1. The molecule has 0 amide bonds. The van der Waals surface area contributed by atoms with Gasteiger partial charge in [-0.2, -0.15) is 0 Å². The smallest absolute Gasteiger partial charge is 0.220 e. The van der Waals surface area contributed by atoms with Crippen LogP contribution in [0.3, 0.4) is 0 Å². The highest BCUT2D eigenvalue weighted by Crippen LogP contribution is 2.03. The lowest BCUT2D eigenvalue weighted by Gasteiger charge is -1.91. The molecular weight excluding hydrogens is 200 g/mol. The lowest BCUT2D eigenvalue weighted by atomic mass is 10.5. The van der Waals surface area contributed by atoms with Crippen molar-refractivity contribution in [2.45, 2.75) is 0 Å². The van der Waals surface area contributed by atoms with Gasteiger partial charge < -0.3 is 10.9 Å². The Morgan fingerprint density at radius 2 is 2.20 bits per heavy atom. The average Bonchev–Trinajstić information content (AvgIpc) is 2.48. The van der Waals surface area contributed by atoms with Crippen molar-refractivity contribution < 1.29 is 10.0 Å². The number of aromatic nitrogens is 2. The van der Waals surface area contributed by atoms with Crippen LogP contribution in [-0.2, 0) is 4.79 Å². The molecule has 8 heteroatoms. The fraction of sp³-hybridized carbons (Fsp3) is 0.286. The monoisotopic (exact) mass is 214 g/mol. The standard InChI is InChI=1S/C5H6N4O2.C2H8N2/c6-5-4(1-8-11)7-2-9(5)3-10;1-4(2)3/h1-3,11H,6H2;3H2,1-2H3/b8-1-;. The molecule has 5 N–H and O–H groups in total. The number of hydrazine groups is 1. The first kappa shape index (κ1) is 13.1. The number of nitrogens with zero attached hydrogens (tertiary/aromatic N) is 4. The van der Waals surface area contributed by atoms with Gasteiger partial charge in [-0.3, -0.25) is 20.2 Å². The Bertz CT molecular complexity index is 329. The van der Waals surface area contributed by atoms with E-state index in [1.165, 1.54) is 11.3 Å². The van der Waals surface area contributed by atoms with Crippen molar-refractivity contribution in [3.63, 3.8) is 0 Å². The quantitative estimate of drug-likeness (QED) is 0.185. The van der Waals surface area contributed by atoms with E-state index in [2.05, 4.69) is 10.1 Å². The van der Waals surface area contributed by atoms with Crippen LogP contribution in [0.15, 0.2) is 11.5 Å². The SMILES string of the molecule is CN(C)N.Nc1c(/C=N\O)ncn1C=O. The molecule has 0 bridgehead atoms. The Morgan fingerprint density at radius 1 is 1.67 bits per heavy atom. The Hall–Kier alpha value is -1.93. The van der Waals surface area contributed by atoms with Crippen LogP contribution in [0, 0.1) is 0 Å². The van der Waals surface area contributed by atoms with Crippen LogP contribution in [0.4, 0.5) is 5.82 Å². The third-order valence-corrected chi connectivity index (χ3v) is 1.16. The minimum Gasteiger partial charge on any atom is -0.411 e. The first-order valence-corrected chi connectivity index (χ1v) is 3.90. The average molecular weight is 214 g/mol. The van der Waals surface area contributed by atoms with E-state index >= 15 is 0 Å². The summed E-state index contributed by atoms with van der Waals surface area (Å²) in [6, 6.07) is 0. The fourth-order valence-corrected chi connectivity index (χ4v) is 0.623. The summed E-state index contributed by atoms with van der Waals surface area (Å²) < 4.78 is 1.08. The highest BCUT2D eigenvalue weighted by molar-refractivity contribution is 5.84. The van der Waals surface area contributed by atoms with Gasteiger partial charge in [-0.15, -0.1) is 0 Å². The predicted molar refractivity (Wildman–Crippen MR) is 56.0 cm³/mol. The van der Waals surface area contributed by atoms with Crippen molar-refractivity contribution in [1.29, 1.82) is 0 Å². The summed E-state index contributed by atoms with van der Waals surface area (Å²) in [7, 11) is 3.56. The van der Waals surface area contributed by atoms with Gasteiger partial charge in [0.25, 0.3) is 0 Å². The van der Waals surface area contributed by atoms with E-state index in [4.69, 9.17) is 16.8 Å². The Morgan fingerprint density at radius 3 is 2.53 bits per heavy atom. The van der Waals surface area contributed by atoms with Crippen LogP contribution in [0.2, 0.25) is 0 Å². The molecular formula is C7H14N6O2. The zero-order chi connectivity index (χ0) is 11.8. The lowest BCUT2D eigenvalue weighted by Crippen LogP contribution is -2.18. The fourth-order valence-electron chi connectivity index (χ4n) is 0.623. The summed E-state index contributed by atoms with van der Waals surface area (Å²) in [4.78, 5) is 13.9. The van der Waals surface area contributed by atoms with Gasteiger partial charge in [0.05, 0.1) is 6.21 Å².